The number of aromatic nitrogens is 3. The van der Waals surface area contributed by atoms with Gasteiger partial charge in [0.15, 0.2) is 0 Å². The first kappa shape index (κ1) is 18.5. The Bertz CT molecular complexity index is 969. The first-order chi connectivity index (χ1) is 13.5. The second kappa shape index (κ2) is 7.64. The summed E-state index contributed by atoms with van der Waals surface area (Å²) in [6, 6.07) is 10.0. The second-order valence-corrected chi connectivity index (χ2v) is 7.70. The topological polar surface area (TPSA) is 54.3 Å². The van der Waals surface area contributed by atoms with Crippen molar-refractivity contribution >= 4 is 23.2 Å². The molecule has 0 aliphatic carbocycles. The summed E-state index contributed by atoms with van der Waals surface area (Å²) < 4.78 is 1.87. The Labute approximate surface area is 169 Å². The van der Waals surface area contributed by atoms with Gasteiger partial charge in [0.25, 0.3) is 0 Å². The van der Waals surface area contributed by atoms with E-state index in [-0.39, 0.29) is 11.8 Å². The molecule has 1 aliphatic rings. The number of rotatable bonds is 5. The van der Waals surface area contributed by atoms with E-state index >= 15 is 0 Å². The fourth-order valence-electron chi connectivity index (χ4n) is 3.60. The molecule has 28 heavy (non-hydrogen) atoms. The summed E-state index contributed by atoms with van der Waals surface area (Å²) in [5, 5.41) is 0.703. The Morgan fingerprint density at radius 1 is 1.29 bits per heavy atom. The number of halogens is 1. The Balaban J connectivity index is 1.54. The summed E-state index contributed by atoms with van der Waals surface area (Å²) in [5.74, 6) is 1.11. The summed E-state index contributed by atoms with van der Waals surface area (Å²) in [7, 11) is 3.59. The Hall–Kier alpha value is -2.86. The summed E-state index contributed by atoms with van der Waals surface area (Å²) >= 11 is 6.23. The van der Waals surface area contributed by atoms with Crippen LogP contribution in [0.25, 0.3) is 5.82 Å². The van der Waals surface area contributed by atoms with Gasteiger partial charge >= 0.3 is 0 Å². The molecule has 3 aromatic rings. The van der Waals surface area contributed by atoms with Crippen molar-refractivity contribution in [2.75, 3.05) is 25.5 Å². The average molecular weight is 396 g/mol. The lowest BCUT2D eigenvalue weighted by molar-refractivity contribution is -0.129. The number of benzene rings is 1. The largest absolute Gasteiger partial charge is 0.366 e. The predicted molar refractivity (Wildman–Crippen MR) is 110 cm³/mol. The van der Waals surface area contributed by atoms with Crippen LogP contribution in [0.4, 0.5) is 5.69 Å². The van der Waals surface area contributed by atoms with E-state index < -0.39 is 0 Å². The number of hydrogen-bond donors (Lipinski definition) is 0. The van der Waals surface area contributed by atoms with Crippen molar-refractivity contribution < 1.29 is 4.79 Å². The maximum atomic E-state index is 12.3. The molecule has 7 heteroatoms. The molecule has 1 aromatic carbocycles. The van der Waals surface area contributed by atoms with E-state index in [9.17, 15) is 4.79 Å². The van der Waals surface area contributed by atoms with Crippen LogP contribution in [0.5, 0.6) is 0 Å². The minimum atomic E-state index is 0.129. The van der Waals surface area contributed by atoms with Crippen molar-refractivity contribution in [3.8, 4) is 5.82 Å². The molecule has 2 aromatic heterocycles. The zero-order chi connectivity index (χ0) is 19.7. The summed E-state index contributed by atoms with van der Waals surface area (Å²) in [6.45, 7) is 1.52. The van der Waals surface area contributed by atoms with Crippen LogP contribution in [-0.4, -0.2) is 46.0 Å². The SMILES string of the molecule is CN(C)C(=O)CC1CN(Cc2ccc(-n3ccnc3)nc2)c2ccc(Cl)cc21. The first-order valence-electron chi connectivity index (χ1n) is 9.19. The molecule has 6 nitrogen and oxygen atoms in total. The molecular weight excluding hydrogens is 374 g/mol. The quantitative estimate of drug-likeness (QED) is 0.663. The standard InChI is InChI=1S/C21H22ClN5O/c1-25(2)21(28)9-16-13-27(19-5-4-17(22)10-18(16)19)12-15-3-6-20(24-11-15)26-8-7-23-14-26/h3-8,10-11,14,16H,9,12-13H2,1-2H3. The smallest absolute Gasteiger partial charge is 0.222 e. The third-order valence-corrected chi connectivity index (χ3v) is 5.32. The predicted octanol–water partition coefficient (Wildman–Crippen LogP) is 3.50. The fourth-order valence-corrected chi connectivity index (χ4v) is 3.78. The number of imidazole rings is 1. The van der Waals surface area contributed by atoms with Gasteiger partial charge < -0.3 is 9.80 Å². The highest BCUT2D eigenvalue weighted by Gasteiger charge is 2.30. The second-order valence-electron chi connectivity index (χ2n) is 7.27. The first-order valence-corrected chi connectivity index (χ1v) is 9.57. The summed E-state index contributed by atoms with van der Waals surface area (Å²) in [6.07, 6.45) is 7.71. The van der Waals surface area contributed by atoms with Crippen LogP contribution in [0.1, 0.15) is 23.5 Å². The van der Waals surface area contributed by atoms with Crippen molar-refractivity contribution in [2.24, 2.45) is 0 Å². The van der Waals surface area contributed by atoms with E-state index in [1.54, 1.807) is 31.5 Å². The number of pyridine rings is 1. The molecule has 1 atom stereocenters. The lowest BCUT2D eigenvalue weighted by Crippen LogP contribution is -2.26. The monoisotopic (exact) mass is 395 g/mol. The van der Waals surface area contributed by atoms with Crippen molar-refractivity contribution in [3.05, 3.63) is 71.4 Å². The number of anilines is 1. The van der Waals surface area contributed by atoms with Gasteiger partial charge in [-0.05, 0) is 35.4 Å². The van der Waals surface area contributed by atoms with Gasteiger partial charge in [0.05, 0.1) is 0 Å². The molecule has 0 spiro atoms. The van der Waals surface area contributed by atoms with E-state index in [0.29, 0.717) is 11.4 Å². The molecule has 0 bridgehead atoms. The Kier molecular flexibility index (Phi) is 5.05. The summed E-state index contributed by atoms with van der Waals surface area (Å²) in [4.78, 5) is 24.8. The molecule has 1 aliphatic heterocycles. The number of carbonyl (C=O) groups excluding carboxylic acids is 1. The number of nitrogens with zero attached hydrogens (tertiary/aromatic N) is 5. The molecule has 0 saturated heterocycles. The normalized spacial score (nSPS) is 15.5. The number of amides is 1. The van der Waals surface area contributed by atoms with Crippen LogP contribution in [0.3, 0.4) is 0 Å². The molecule has 4 rings (SSSR count). The molecular formula is C21H22ClN5O. The van der Waals surface area contributed by atoms with E-state index in [1.807, 2.05) is 41.2 Å². The maximum Gasteiger partial charge on any atom is 0.222 e. The van der Waals surface area contributed by atoms with Crippen molar-refractivity contribution in [2.45, 2.75) is 18.9 Å². The van der Waals surface area contributed by atoms with Crippen LogP contribution in [0.2, 0.25) is 5.02 Å². The van der Waals surface area contributed by atoms with Crippen molar-refractivity contribution in [1.29, 1.82) is 0 Å². The van der Waals surface area contributed by atoms with Crippen LogP contribution < -0.4 is 4.90 Å². The fraction of sp³-hybridized carbons (Fsp3) is 0.286. The Morgan fingerprint density at radius 3 is 2.82 bits per heavy atom. The van der Waals surface area contributed by atoms with Gasteiger partial charge in [-0.2, -0.15) is 0 Å². The molecule has 1 amide bonds. The average Bonchev–Trinajstić information content (AvgIpc) is 3.31. The molecule has 144 valence electrons. The molecule has 1 unspecified atom stereocenters. The van der Waals surface area contributed by atoms with Crippen molar-refractivity contribution in [3.63, 3.8) is 0 Å². The molecule has 0 radical (unpaired) electrons. The molecule has 0 N–H and O–H groups in total. The summed E-state index contributed by atoms with van der Waals surface area (Å²) in [5.41, 5.74) is 3.40. The van der Waals surface area contributed by atoms with E-state index in [0.717, 1.165) is 35.7 Å². The highest BCUT2D eigenvalue weighted by Crippen LogP contribution is 2.40. The van der Waals surface area contributed by atoms with Gasteiger partial charge in [0.2, 0.25) is 5.91 Å². The minimum absolute atomic E-state index is 0.129. The van der Waals surface area contributed by atoms with E-state index in [2.05, 4.69) is 20.9 Å². The van der Waals surface area contributed by atoms with Crippen LogP contribution in [0.15, 0.2) is 55.2 Å². The number of carbonyl (C=O) groups is 1. The Morgan fingerprint density at radius 2 is 2.14 bits per heavy atom. The van der Waals surface area contributed by atoms with Crippen molar-refractivity contribution in [1.82, 2.24) is 19.4 Å². The van der Waals surface area contributed by atoms with Gasteiger partial charge in [-0.1, -0.05) is 17.7 Å². The third-order valence-electron chi connectivity index (χ3n) is 5.08. The van der Waals surface area contributed by atoms with Gasteiger partial charge in [-0.25, -0.2) is 9.97 Å². The van der Waals surface area contributed by atoms with Crippen LogP contribution in [0, 0.1) is 0 Å². The van der Waals surface area contributed by atoms with Gasteiger partial charge in [-0.3, -0.25) is 9.36 Å². The molecule has 3 heterocycles. The molecule has 0 fully saturated rings. The van der Waals surface area contributed by atoms with Crippen LogP contribution in [-0.2, 0) is 11.3 Å². The number of fused-ring (bicyclic) bond motifs is 1. The lowest BCUT2D eigenvalue weighted by Gasteiger charge is -2.20. The zero-order valence-corrected chi connectivity index (χ0v) is 16.7. The van der Waals surface area contributed by atoms with Gasteiger partial charge in [0, 0.05) is 68.8 Å². The van der Waals surface area contributed by atoms with Gasteiger partial charge in [0.1, 0.15) is 12.1 Å². The van der Waals surface area contributed by atoms with Gasteiger partial charge in [-0.15, -0.1) is 0 Å². The third kappa shape index (κ3) is 3.73. The lowest BCUT2D eigenvalue weighted by atomic mass is 9.97. The zero-order valence-electron chi connectivity index (χ0n) is 15.9. The van der Waals surface area contributed by atoms with E-state index in [4.69, 9.17) is 11.6 Å². The highest BCUT2D eigenvalue weighted by atomic mass is 35.5. The van der Waals surface area contributed by atoms with Crippen LogP contribution >= 0.6 is 11.6 Å². The highest BCUT2D eigenvalue weighted by molar-refractivity contribution is 6.30. The maximum absolute atomic E-state index is 12.3. The molecule has 0 saturated carbocycles. The minimum Gasteiger partial charge on any atom is -0.366 e. The number of hydrogen-bond acceptors (Lipinski definition) is 4. The van der Waals surface area contributed by atoms with E-state index in [1.165, 1.54) is 0 Å².